The molecule has 35 heavy (non-hydrogen) atoms. The van der Waals surface area contributed by atoms with Gasteiger partial charge < -0.3 is 14.4 Å². The SMILES string of the molecule is COc1ccc(CCCCN2CCN(c3ccc(Cl)cc3)CC2)c2c1OCc1ccccc1-2.Cl.Cl. The van der Waals surface area contributed by atoms with Crippen LogP contribution in [0.5, 0.6) is 11.5 Å². The van der Waals surface area contributed by atoms with E-state index in [2.05, 4.69) is 58.3 Å². The molecular weight excluding hydrogens is 503 g/mol. The summed E-state index contributed by atoms with van der Waals surface area (Å²) in [5.41, 5.74) is 6.37. The van der Waals surface area contributed by atoms with Crippen LogP contribution in [0.15, 0.2) is 60.7 Å². The molecule has 2 aliphatic rings. The lowest BCUT2D eigenvalue weighted by molar-refractivity contribution is 0.253. The smallest absolute Gasteiger partial charge is 0.169 e. The van der Waals surface area contributed by atoms with E-state index in [0.29, 0.717) is 6.61 Å². The van der Waals surface area contributed by atoms with Crippen molar-refractivity contribution in [3.8, 4) is 22.6 Å². The normalized spacial score (nSPS) is 14.6. The van der Waals surface area contributed by atoms with Gasteiger partial charge in [0.1, 0.15) is 6.61 Å². The third-order valence-corrected chi connectivity index (χ3v) is 7.07. The van der Waals surface area contributed by atoms with Gasteiger partial charge in [0, 0.05) is 42.5 Å². The minimum absolute atomic E-state index is 0. The summed E-state index contributed by atoms with van der Waals surface area (Å²) in [6.45, 7) is 6.12. The average molecular weight is 536 g/mol. The third kappa shape index (κ3) is 6.18. The van der Waals surface area contributed by atoms with Crippen molar-refractivity contribution in [1.29, 1.82) is 0 Å². The summed E-state index contributed by atoms with van der Waals surface area (Å²) in [4.78, 5) is 5.04. The van der Waals surface area contributed by atoms with Crippen molar-refractivity contribution in [2.45, 2.75) is 25.9 Å². The number of nitrogens with zero attached hydrogens (tertiary/aromatic N) is 2. The molecule has 1 fully saturated rings. The van der Waals surface area contributed by atoms with Crippen molar-refractivity contribution >= 4 is 42.1 Å². The Kier molecular flexibility index (Phi) is 9.99. The van der Waals surface area contributed by atoms with Crippen LogP contribution in [0.2, 0.25) is 5.02 Å². The Bertz CT molecular complexity index is 1100. The van der Waals surface area contributed by atoms with Gasteiger partial charge in [-0.1, -0.05) is 41.9 Å². The zero-order chi connectivity index (χ0) is 22.6. The van der Waals surface area contributed by atoms with Crippen molar-refractivity contribution < 1.29 is 9.47 Å². The maximum Gasteiger partial charge on any atom is 0.169 e. The van der Waals surface area contributed by atoms with E-state index in [0.717, 1.165) is 55.7 Å². The summed E-state index contributed by atoms with van der Waals surface area (Å²) in [6.07, 6.45) is 3.41. The van der Waals surface area contributed by atoms with Crippen molar-refractivity contribution in [2.24, 2.45) is 0 Å². The molecule has 0 spiro atoms. The molecule has 2 aliphatic heterocycles. The third-order valence-electron chi connectivity index (χ3n) is 6.82. The van der Waals surface area contributed by atoms with Gasteiger partial charge in [-0.15, -0.1) is 24.8 Å². The van der Waals surface area contributed by atoms with E-state index >= 15 is 0 Å². The van der Waals surface area contributed by atoms with E-state index < -0.39 is 0 Å². The first-order chi connectivity index (χ1) is 16.2. The maximum atomic E-state index is 6.12. The fourth-order valence-electron chi connectivity index (χ4n) is 4.98. The Morgan fingerprint density at radius 1 is 0.886 bits per heavy atom. The van der Waals surface area contributed by atoms with Crippen LogP contribution in [-0.2, 0) is 13.0 Å². The molecule has 2 heterocycles. The lowest BCUT2D eigenvalue weighted by Crippen LogP contribution is -2.46. The monoisotopic (exact) mass is 534 g/mol. The summed E-state index contributed by atoms with van der Waals surface area (Å²) < 4.78 is 11.7. The molecular formula is C28H33Cl3N2O2. The Morgan fingerprint density at radius 2 is 1.63 bits per heavy atom. The quantitative estimate of drug-likeness (QED) is 0.307. The van der Waals surface area contributed by atoms with E-state index in [4.69, 9.17) is 21.1 Å². The molecule has 0 atom stereocenters. The van der Waals surface area contributed by atoms with Gasteiger partial charge in [0.2, 0.25) is 0 Å². The van der Waals surface area contributed by atoms with E-state index in [1.54, 1.807) is 7.11 Å². The van der Waals surface area contributed by atoms with Crippen LogP contribution in [0.3, 0.4) is 0 Å². The summed E-state index contributed by atoms with van der Waals surface area (Å²) in [7, 11) is 1.71. The number of rotatable bonds is 7. The van der Waals surface area contributed by atoms with Gasteiger partial charge in [-0.2, -0.15) is 0 Å². The molecule has 0 saturated carbocycles. The summed E-state index contributed by atoms with van der Waals surface area (Å²) in [5.74, 6) is 1.72. The van der Waals surface area contributed by atoms with E-state index in [1.165, 1.54) is 40.8 Å². The van der Waals surface area contributed by atoms with Crippen molar-refractivity contribution in [2.75, 3.05) is 44.7 Å². The first-order valence-electron chi connectivity index (χ1n) is 11.9. The number of methoxy groups -OCH3 is 1. The fourth-order valence-corrected chi connectivity index (χ4v) is 5.11. The summed E-state index contributed by atoms with van der Waals surface area (Å²) >= 11 is 6.03. The lowest BCUT2D eigenvalue weighted by atomic mass is 9.90. The van der Waals surface area contributed by atoms with Crippen LogP contribution >= 0.6 is 36.4 Å². The molecule has 4 nitrogen and oxygen atoms in total. The number of benzene rings is 3. The van der Waals surface area contributed by atoms with Crippen molar-refractivity contribution in [3.63, 3.8) is 0 Å². The summed E-state index contributed by atoms with van der Waals surface area (Å²) in [6, 6.07) is 21.0. The number of piperazine rings is 1. The second-order valence-corrected chi connectivity index (χ2v) is 9.28. The van der Waals surface area contributed by atoms with Crippen molar-refractivity contribution in [1.82, 2.24) is 4.90 Å². The Morgan fingerprint density at radius 3 is 2.37 bits per heavy atom. The van der Waals surface area contributed by atoms with Crippen LogP contribution in [0.25, 0.3) is 11.1 Å². The molecule has 0 amide bonds. The second kappa shape index (κ2) is 12.7. The average Bonchev–Trinajstić information content (AvgIpc) is 2.87. The maximum absolute atomic E-state index is 6.12. The topological polar surface area (TPSA) is 24.9 Å². The van der Waals surface area contributed by atoms with Gasteiger partial charge >= 0.3 is 0 Å². The number of aryl methyl sites for hydroxylation is 1. The van der Waals surface area contributed by atoms with Crippen LogP contribution < -0.4 is 14.4 Å². The van der Waals surface area contributed by atoms with E-state index in [9.17, 15) is 0 Å². The number of anilines is 1. The van der Waals surface area contributed by atoms with Crippen LogP contribution in [-0.4, -0.2) is 44.7 Å². The Balaban J connectivity index is 0.00000171. The Hall–Kier alpha value is -2.11. The zero-order valence-electron chi connectivity index (χ0n) is 20.0. The molecule has 0 unspecified atom stereocenters. The lowest BCUT2D eigenvalue weighted by Gasteiger charge is -2.36. The second-order valence-electron chi connectivity index (χ2n) is 8.84. The molecule has 0 N–H and O–H groups in total. The molecule has 0 radical (unpaired) electrons. The first-order valence-corrected chi connectivity index (χ1v) is 12.2. The largest absolute Gasteiger partial charge is 0.493 e. The molecule has 5 rings (SSSR count). The number of hydrogen-bond donors (Lipinski definition) is 0. The van der Waals surface area contributed by atoms with Gasteiger partial charge in [-0.25, -0.2) is 0 Å². The molecule has 3 aromatic carbocycles. The van der Waals surface area contributed by atoms with E-state index in [-0.39, 0.29) is 24.8 Å². The fraction of sp³-hybridized carbons (Fsp3) is 0.357. The Labute approximate surface area is 226 Å². The highest BCUT2D eigenvalue weighted by atomic mass is 35.5. The molecule has 188 valence electrons. The molecule has 0 aliphatic carbocycles. The van der Waals surface area contributed by atoms with Gasteiger partial charge in [0.15, 0.2) is 11.5 Å². The molecule has 0 bridgehead atoms. The number of halogens is 3. The number of fused-ring (bicyclic) bond motifs is 3. The van der Waals surface area contributed by atoms with Gasteiger partial charge in [-0.05, 0) is 72.8 Å². The first kappa shape index (κ1) is 27.5. The molecule has 1 saturated heterocycles. The summed E-state index contributed by atoms with van der Waals surface area (Å²) in [5, 5.41) is 0.797. The van der Waals surface area contributed by atoms with Gasteiger partial charge in [0.05, 0.1) is 7.11 Å². The highest BCUT2D eigenvalue weighted by Gasteiger charge is 2.23. The zero-order valence-corrected chi connectivity index (χ0v) is 22.4. The van der Waals surface area contributed by atoms with Gasteiger partial charge in [-0.3, -0.25) is 4.90 Å². The van der Waals surface area contributed by atoms with Crippen molar-refractivity contribution in [3.05, 3.63) is 76.8 Å². The minimum Gasteiger partial charge on any atom is -0.493 e. The van der Waals surface area contributed by atoms with Gasteiger partial charge in [0.25, 0.3) is 0 Å². The standard InChI is InChI=1S/C28H31ClN2O2.2ClH/c1-32-26-14-9-21(27-25-8-3-2-7-22(25)20-33-28(26)27)6-4-5-15-30-16-18-31(19-17-30)24-12-10-23(29)11-13-24;;/h2-3,7-14H,4-6,15-20H2,1H3;2*1H. The highest BCUT2D eigenvalue weighted by Crippen LogP contribution is 2.45. The number of unbranched alkanes of at least 4 members (excludes halogenated alkanes) is 1. The predicted octanol–water partition coefficient (Wildman–Crippen LogP) is 6.90. The minimum atomic E-state index is 0. The van der Waals surface area contributed by atoms with Crippen LogP contribution in [0.1, 0.15) is 24.0 Å². The van der Waals surface area contributed by atoms with Crippen LogP contribution in [0.4, 0.5) is 5.69 Å². The number of ether oxygens (including phenoxy) is 2. The van der Waals surface area contributed by atoms with E-state index in [1.807, 2.05) is 12.1 Å². The highest BCUT2D eigenvalue weighted by molar-refractivity contribution is 6.30. The van der Waals surface area contributed by atoms with Crippen LogP contribution in [0, 0.1) is 0 Å². The molecule has 7 heteroatoms. The number of hydrogen-bond acceptors (Lipinski definition) is 4. The predicted molar refractivity (Wildman–Crippen MR) is 150 cm³/mol. The molecule has 0 aromatic heterocycles. The molecule has 3 aromatic rings.